The van der Waals surface area contributed by atoms with Gasteiger partial charge in [-0.05, 0) is 60.5 Å². The molecule has 2 aromatic carbocycles. The fourth-order valence-corrected chi connectivity index (χ4v) is 2.70. The first-order chi connectivity index (χ1) is 9.71. The highest BCUT2D eigenvalue weighted by atomic mass is 79.9. The lowest BCUT2D eigenvalue weighted by Gasteiger charge is -2.15. The smallest absolute Gasteiger partial charge is 0.0175 e. The normalized spacial score (nSPS) is 12.3. The second-order valence-electron chi connectivity index (χ2n) is 5.31. The number of benzene rings is 2. The van der Waals surface area contributed by atoms with Crippen LogP contribution < -0.4 is 5.73 Å². The van der Waals surface area contributed by atoms with Gasteiger partial charge >= 0.3 is 0 Å². The van der Waals surface area contributed by atoms with Gasteiger partial charge in [-0.25, -0.2) is 0 Å². The fourth-order valence-electron chi connectivity index (χ4n) is 2.44. The molecule has 0 spiro atoms. The van der Waals surface area contributed by atoms with E-state index >= 15 is 0 Å². The van der Waals surface area contributed by atoms with E-state index in [1.165, 1.54) is 16.7 Å². The molecule has 1 atom stereocenters. The Labute approximate surface area is 130 Å². The summed E-state index contributed by atoms with van der Waals surface area (Å²) in [7, 11) is 0. The molecule has 0 radical (unpaired) electrons. The summed E-state index contributed by atoms with van der Waals surface area (Å²) in [6.45, 7) is 2.91. The molecule has 0 aromatic heterocycles. The van der Waals surface area contributed by atoms with E-state index in [1.807, 2.05) is 0 Å². The minimum absolute atomic E-state index is 0.503. The van der Waals surface area contributed by atoms with Gasteiger partial charge < -0.3 is 5.73 Å². The van der Waals surface area contributed by atoms with Crippen LogP contribution in [0.15, 0.2) is 53.0 Å². The van der Waals surface area contributed by atoms with Crippen molar-refractivity contribution >= 4 is 15.9 Å². The average molecular weight is 332 g/mol. The van der Waals surface area contributed by atoms with Crippen LogP contribution in [0, 0.1) is 5.92 Å². The molecule has 0 aliphatic rings. The molecule has 2 heteroatoms. The Kier molecular flexibility index (Phi) is 5.81. The van der Waals surface area contributed by atoms with Gasteiger partial charge in [0, 0.05) is 4.47 Å². The summed E-state index contributed by atoms with van der Waals surface area (Å²) in [4.78, 5) is 0. The summed E-state index contributed by atoms with van der Waals surface area (Å²) in [5.74, 6) is 0.503. The quantitative estimate of drug-likeness (QED) is 0.835. The highest BCUT2D eigenvalue weighted by Gasteiger charge is 2.09. The van der Waals surface area contributed by atoms with Crippen molar-refractivity contribution in [2.45, 2.75) is 26.2 Å². The molecule has 1 unspecified atom stereocenters. The van der Waals surface area contributed by atoms with E-state index in [0.717, 1.165) is 30.3 Å². The van der Waals surface area contributed by atoms with Gasteiger partial charge in [-0.15, -0.1) is 0 Å². The molecule has 0 fully saturated rings. The van der Waals surface area contributed by atoms with Crippen LogP contribution in [0.4, 0.5) is 0 Å². The largest absolute Gasteiger partial charge is 0.330 e. The summed E-state index contributed by atoms with van der Waals surface area (Å²) in [5, 5.41) is 0. The third kappa shape index (κ3) is 4.46. The average Bonchev–Trinajstić information content (AvgIpc) is 2.49. The number of halogens is 1. The zero-order chi connectivity index (χ0) is 14.4. The maximum Gasteiger partial charge on any atom is 0.0175 e. The third-order valence-electron chi connectivity index (χ3n) is 3.73. The first-order valence-electron chi connectivity index (χ1n) is 7.23. The standard InChI is InChI=1S/C18H22BrN/c1-2-14-3-5-15(6-4-14)11-17(13-20)12-16-7-9-18(19)10-8-16/h3-10,17H,2,11-13,20H2,1H3. The van der Waals surface area contributed by atoms with Crippen molar-refractivity contribution in [2.75, 3.05) is 6.54 Å². The lowest BCUT2D eigenvalue weighted by atomic mass is 9.92. The molecule has 20 heavy (non-hydrogen) atoms. The Bertz CT molecular complexity index is 516. The Hall–Kier alpha value is -1.12. The van der Waals surface area contributed by atoms with E-state index in [0.29, 0.717) is 5.92 Å². The lowest BCUT2D eigenvalue weighted by Crippen LogP contribution is -2.19. The fraction of sp³-hybridized carbons (Fsp3) is 0.333. The second kappa shape index (κ2) is 7.61. The van der Waals surface area contributed by atoms with Crippen LogP contribution in [0.3, 0.4) is 0 Å². The van der Waals surface area contributed by atoms with Crippen molar-refractivity contribution < 1.29 is 0 Å². The van der Waals surface area contributed by atoms with Gasteiger partial charge in [0.25, 0.3) is 0 Å². The highest BCUT2D eigenvalue weighted by Crippen LogP contribution is 2.17. The maximum atomic E-state index is 5.95. The topological polar surface area (TPSA) is 26.0 Å². The van der Waals surface area contributed by atoms with Crippen LogP contribution in [0.1, 0.15) is 23.6 Å². The number of nitrogens with two attached hydrogens (primary N) is 1. The minimum Gasteiger partial charge on any atom is -0.330 e. The zero-order valence-electron chi connectivity index (χ0n) is 12.0. The number of hydrogen-bond donors (Lipinski definition) is 1. The molecule has 0 saturated heterocycles. The van der Waals surface area contributed by atoms with Crippen LogP contribution in [-0.4, -0.2) is 6.54 Å². The lowest BCUT2D eigenvalue weighted by molar-refractivity contribution is 0.533. The van der Waals surface area contributed by atoms with Gasteiger partial charge in [0.1, 0.15) is 0 Å². The SMILES string of the molecule is CCc1ccc(CC(CN)Cc2ccc(Br)cc2)cc1. The molecule has 106 valence electrons. The van der Waals surface area contributed by atoms with Crippen LogP contribution in [0.5, 0.6) is 0 Å². The summed E-state index contributed by atoms with van der Waals surface area (Å²) in [6.07, 6.45) is 3.19. The Morgan fingerprint density at radius 3 is 1.75 bits per heavy atom. The van der Waals surface area contributed by atoms with Crippen molar-refractivity contribution in [2.24, 2.45) is 11.7 Å². The van der Waals surface area contributed by atoms with Crippen molar-refractivity contribution in [3.05, 3.63) is 69.7 Å². The Balaban J connectivity index is 1.99. The molecule has 0 aliphatic carbocycles. The Morgan fingerprint density at radius 1 is 0.850 bits per heavy atom. The van der Waals surface area contributed by atoms with E-state index in [1.54, 1.807) is 0 Å². The highest BCUT2D eigenvalue weighted by molar-refractivity contribution is 9.10. The van der Waals surface area contributed by atoms with Crippen LogP contribution in [-0.2, 0) is 19.3 Å². The zero-order valence-corrected chi connectivity index (χ0v) is 13.6. The molecule has 0 bridgehead atoms. The van der Waals surface area contributed by atoms with Crippen LogP contribution in [0.25, 0.3) is 0 Å². The van der Waals surface area contributed by atoms with Gasteiger partial charge in [0.05, 0.1) is 0 Å². The van der Waals surface area contributed by atoms with Crippen molar-refractivity contribution in [3.8, 4) is 0 Å². The number of rotatable bonds is 6. The summed E-state index contributed by atoms with van der Waals surface area (Å²) >= 11 is 3.47. The van der Waals surface area contributed by atoms with Crippen molar-refractivity contribution in [1.82, 2.24) is 0 Å². The third-order valence-corrected chi connectivity index (χ3v) is 4.26. The van der Waals surface area contributed by atoms with Crippen molar-refractivity contribution in [1.29, 1.82) is 0 Å². The first-order valence-corrected chi connectivity index (χ1v) is 8.03. The summed E-state index contributed by atoms with van der Waals surface area (Å²) in [5.41, 5.74) is 10.1. The van der Waals surface area contributed by atoms with E-state index in [-0.39, 0.29) is 0 Å². The van der Waals surface area contributed by atoms with Gasteiger partial charge in [-0.1, -0.05) is 59.3 Å². The molecule has 2 aromatic rings. The number of aryl methyl sites for hydroxylation is 1. The monoisotopic (exact) mass is 331 g/mol. The van der Waals surface area contributed by atoms with Crippen LogP contribution in [0.2, 0.25) is 0 Å². The van der Waals surface area contributed by atoms with E-state index in [9.17, 15) is 0 Å². The first kappa shape index (κ1) is 15.3. The second-order valence-corrected chi connectivity index (χ2v) is 6.22. The summed E-state index contributed by atoms with van der Waals surface area (Å²) < 4.78 is 1.13. The molecule has 2 N–H and O–H groups in total. The van der Waals surface area contributed by atoms with E-state index < -0.39 is 0 Å². The molecule has 2 rings (SSSR count). The molecule has 0 heterocycles. The molecular formula is C18H22BrN. The van der Waals surface area contributed by atoms with Crippen LogP contribution >= 0.6 is 15.9 Å². The molecule has 0 aliphatic heterocycles. The van der Waals surface area contributed by atoms with Gasteiger partial charge in [-0.3, -0.25) is 0 Å². The molecule has 0 amide bonds. The van der Waals surface area contributed by atoms with E-state index in [2.05, 4.69) is 71.4 Å². The van der Waals surface area contributed by atoms with E-state index in [4.69, 9.17) is 5.73 Å². The van der Waals surface area contributed by atoms with Crippen molar-refractivity contribution in [3.63, 3.8) is 0 Å². The predicted octanol–water partition coefficient (Wildman–Crippen LogP) is 4.37. The van der Waals surface area contributed by atoms with Gasteiger partial charge in [-0.2, -0.15) is 0 Å². The minimum atomic E-state index is 0.503. The number of hydrogen-bond acceptors (Lipinski definition) is 1. The summed E-state index contributed by atoms with van der Waals surface area (Å²) in [6, 6.07) is 17.5. The molecule has 1 nitrogen and oxygen atoms in total. The Morgan fingerprint density at radius 2 is 1.30 bits per heavy atom. The molecular weight excluding hydrogens is 310 g/mol. The predicted molar refractivity (Wildman–Crippen MR) is 89.9 cm³/mol. The van der Waals surface area contributed by atoms with Gasteiger partial charge in [0.2, 0.25) is 0 Å². The van der Waals surface area contributed by atoms with Gasteiger partial charge in [0.15, 0.2) is 0 Å². The molecule has 0 saturated carbocycles. The maximum absolute atomic E-state index is 5.95.